The Morgan fingerprint density at radius 1 is 1.14 bits per heavy atom. The summed E-state index contributed by atoms with van der Waals surface area (Å²) >= 11 is 0. The highest BCUT2D eigenvalue weighted by Gasteiger charge is 2.29. The number of hydrogen-bond acceptors (Lipinski definition) is 10. The van der Waals surface area contributed by atoms with Gasteiger partial charge >= 0.3 is 18.0 Å². The molecule has 2 aromatic rings. The van der Waals surface area contributed by atoms with E-state index in [-0.39, 0.29) is 35.5 Å². The normalized spacial score (nSPS) is 14.1. The third-order valence-electron chi connectivity index (χ3n) is 4.72. The van der Waals surface area contributed by atoms with Gasteiger partial charge in [0.2, 0.25) is 5.95 Å². The maximum atomic E-state index is 12.6. The van der Waals surface area contributed by atoms with Crippen LogP contribution in [0.4, 0.5) is 10.7 Å². The number of urea groups is 1. The topological polar surface area (TPSA) is 200 Å². The van der Waals surface area contributed by atoms with Crippen molar-refractivity contribution in [3.05, 3.63) is 47.3 Å². The van der Waals surface area contributed by atoms with Crippen LogP contribution in [-0.2, 0) is 24.3 Å². The van der Waals surface area contributed by atoms with Gasteiger partial charge in [-0.05, 0) is 38.0 Å². The van der Waals surface area contributed by atoms with E-state index in [0.29, 0.717) is 11.4 Å². The first-order chi connectivity index (χ1) is 16.8. The second-order valence-electron chi connectivity index (χ2n) is 8.20. The van der Waals surface area contributed by atoms with Gasteiger partial charge in [-0.25, -0.2) is 32.7 Å². The van der Waals surface area contributed by atoms with Gasteiger partial charge in [0.1, 0.15) is 17.0 Å². The fraction of sp³-hybridized carbons (Fsp3) is 0.409. The van der Waals surface area contributed by atoms with Crippen LogP contribution in [0.3, 0.4) is 0 Å². The van der Waals surface area contributed by atoms with Gasteiger partial charge < -0.3 is 20.3 Å². The Hall–Kier alpha value is -3.62. The molecule has 13 nitrogen and oxygen atoms in total. The number of carboxylic acid groups (broad SMARTS) is 1. The maximum Gasteiger partial charge on any atom is 0.339 e. The van der Waals surface area contributed by atoms with Crippen molar-refractivity contribution in [1.82, 2.24) is 14.7 Å². The van der Waals surface area contributed by atoms with E-state index >= 15 is 0 Å². The lowest BCUT2D eigenvalue weighted by molar-refractivity contribution is -0.139. The summed E-state index contributed by atoms with van der Waals surface area (Å²) in [4.78, 5) is 42.1. The second-order valence-corrected chi connectivity index (χ2v) is 9.85. The molecule has 196 valence electrons. The number of nitrogens with zero attached hydrogens (tertiary/aromatic N) is 2. The van der Waals surface area contributed by atoms with Crippen molar-refractivity contribution in [3.63, 3.8) is 0 Å². The average Bonchev–Trinajstić information content (AvgIpc) is 2.74. The molecule has 1 fully saturated rings. The molecule has 2 heterocycles. The van der Waals surface area contributed by atoms with E-state index in [4.69, 9.17) is 20.3 Å². The van der Waals surface area contributed by atoms with Gasteiger partial charge in [0.25, 0.3) is 10.0 Å². The van der Waals surface area contributed by atoms with Crippen LogP contribution in [0, 0.1) is 19.8 Å². The van der Waals surface area contributed by atoms with Gasteiger partial charge in [0.05, 0.1) is 18.8 Å². The third-order valence-corrected chi connectivity index (χ3v) is 6.10. The summed E-state index contributed by atoms with van der Waals surface area (Å²) in [5, 5.41) is 10.5. The van der Waals surface area contributed by atoms with Gasteiger partial charge in [-0.1, -0.05) is 26.0 Å². The predicted molar refractivity (Wildman–Crippen MR) is 128 cm³/mol. The predicted octanol–water partition coefficient (Wildman–Crippen LogP) is 1.21. The average molecular weight is 524 g/mol. The van der Waals surface area contributed by atoms with E-state index in [1.807, 2.05) is 4.72 Å². The van der Waals surface area contributed by atoms with Gasteiger partial charge in [0.15, 0.2) is 0 Å². The maximum absolute atomic E-state index is 12.6. The van der Waals surface area contributed by atoms with Crippen LogP contribution in [0.25, 0.3) is 0 Å². The monoisotopic (exact) mass is 523 g/mol. The van der Waals surface area contributed by atoms with Crippen molar-refractivity contribution in [2.75, 3.05) is 18.5 Å². The number of sulfonamides is 1. The lowest BCUT2D eigenvalue weighted by Gasteiger charge is -2.25. The Morgan fingerprint density at radius 2 is 1.72 bits per heavy atom. The Kier molecular flexibility index (Phi) is 9.84. The number of carbonyl (C=O) groups is 3. The smallest absolute Gasteiger partial charge is 0.339 e. The molecule has 1 atom stereocenters. The number of nitrogens with two attached hydrogens (primary N) is 1. The number of aliphatic carboxylic acids is 1. The van der Waals surface area contributed by atoms with E-state index in [2.05, 4.69) is 15.3 Å². The first-order valence-corrected chi connectivity index (χ1v) is 12.3. The molecule has 0 saturated carbocycles. The standard InChI is InChI=1S/C17H18N4O6S.C5H11NO2/c1-10-7-11(2)19-16(18-10)20-17(23)21-28(24,25)14-6-4-3-5-13(14)15(22)27-12-8-26-9-12;1-3(2)4(6)5(7)8/h3-7,12H,8-9H2,1-2H3,(H2,18,19,20,21,23);3-4H,6H2,1-2H3,(H,7,8)/t;4-/m.0/s1. The van der Waals surface area contributed by atoms with Crippen LogP contribution in [0.2, 0.25) is 0 Å². The van der Waals surface area contributed by atoms with E-state index in [9.17, 15) is 22.8 Å². The van der Waals surface area contributed by atoms with Crippen molar-refractivity contribution in [2.24, 2.45) is 11.7 Å². The summed E-state index contributed by atoms with van der Waals surface area (Å²) in [5.41, 5.74) is 6.20. The lowest BCUT2D eigenvalue weighted by atomic mass is 10.1. The van der Waals surface area contributed by atoms with Gasteiger partial charge in [-0.2, -0.15) is 0 Å². The van der Waals surface area contributed by atoms with Crippen LogP contribution >= 0.6 is 0 Å². The number of amides is 2. The molecule has 0 spiro atoms. The van der Waals surface area contributed by atoms with Crippen LogP contribution in [0.15, 0.2) is 35.2 Å². The largest absolute Gasteiger partial charge is 0.480 e. The summed E-state index contributed by atoms with van der Waals surface area (Å²) in [6.45, 7) is 7.50. The minimum atomic E-state index is -4.35. The zero-order chi connectivity index (χ0) is 27.0. The number of anilines is 1. The molecule has 2 amide bonds. The van der Waals surface area contributed by atoms with Crippen molar-refractivity contribution in [1.29, 1.82) is 0 Å². The van der Waals surface area contributed by atoms with Crippen LogP contribution in [0.5, 0.6) is 0 Å². The van der Waals surface area contributed by atoms with Gasteiger partial charge in [-0.15, -0.1) is 0 Å². The van der Waals surface area contributed by atoms with E-state index in [0.717, 1.165) is 0 Å². The molecule has 3 rings (SSSR count). The molecule has 1 saturated heterocycles. The number of aryl methyl sites for hydroxylation is 2. The quantitative estimate of drug-likeness (QED) is 0.380. The first-order valence-electron chi connectivity index (χ1n) is 10.8. The first kappa shape index (κ1) is 28.6. The summed E-state index contributed by atoms with van der Waals surface area (Å²) < 4.78 is 37.2. The van der Waals surface area contributed by atoms with Gasteiger partial charge in [0, 0.05) is 11.4 Å². The van der Waals surface area contributed by atoms with Crippen molar-refractivity contribution in [3.8, 4) is 0 Å². The van der Waals surface area contributed by atoms with Crippen LogP contribution in [0.1, 0.15) is 35.6 Å². The Labute approximate surface area is 208 Å². The van der Waals surface area contributed by atoms with Gasteiger partial charge in [-0.3, -0.25) is 10.1 Å². The Morgan fingerprint density at radius 3 is 2.19 bits per heavy atom. The Balaban J connectivity index is 0.000000493. The molecule has 0 bridgehead atoms. The van der Waals surface area contributed by atoms with Crippen LogP contribution < -0.4 is 15.8 Å². The van der Waals surface area contributed by atoms with Crippen molar-refractivity contribution < 1.29 is 37.4 Å². The lowest BCUT2D eigenvalue weighted by Crippen LogP contribution is -2.39. The molecular formula is C22H29N5O8S. The second kappa shape index (κ2) is 12.4. The van der Waals surface area contributed by atoms with E-state index < -0.39 is 40.1 Å². The zero-order valence-electron chi connectivity index (χ0n) is 20.2. The zero-order valence-corrected chi connectivity index (χ0v) is 21.0. The SMILES string of the molecule is CC(C)[C@H](N)C(=O)O.Cc1cc(C)nc(NC(=O)NS(=O)(=O)c2ccccc2C(=O)OC2COC2)n1. The Bertz CT molecular complexity index is 1190. The van der Waals surface area contributed by atoms with Crippen molar-refractivity contribution in [2.45, 2.75) is 44.7 Å². The molecular weight excluding hydrogens is 494 g/mol. The number of ether oxygens (including phenoxy) is 2. The number of carboxylic acids is 1. The third kappa shape index (κ3) is 8.25. The molecule has 1 aromatic carbocycles. The molecule has 1 aliphatic rings. The number of esters is 1. The molecule has 1 aliphatic heterocycles. The number of carbonyl (C=O) groups excluding carboxylic acids is 2. The summed E-state index contributed by atoms with van der Waals surface area (Å²) in [7, 11) is -4.35. The van der Waals surface area contributed by atoms with E-state index in [1.54, 1.807) is 33.8 Å². The highest BCUT2D eigenvalue weighted by atomic mass is 32.2. The molecule has 14 heteroatoms. The summed E-state index contributed by atoms with van der Waals surface area (Å²) in [6.07, 6.45) is -0.416. The minimum Gasteiger partial charge on any atom is -0.480 e. The highest BCUT2D eigenvalue weighted by Crippen LogP contribution is 2.18. The fourth-order valence-electron chi connectivity index (χ4n) is 2.74. The molecule has 0 unspecified atom stereocenters. The number of aromatic nitrogens is 2. The number of benzene rings is 1. The minimum absolute atomic E-state index is 0.0208. The number of rotatable bonds is 7. The number of hydrogen-bond donors (Lipinski definition) is 4. The molecule has 5 N–H and O–H groups in total. The summed E-state index contributed by atoms with van der Waals surface area (Å²) in [5.74, 6) is -1.76. The highest BCUT2D eigenvalue weighted by molar-refractivity contribution is 7.90. The molecule has 1 aromatic heterocycles. The molecule has 0 aliphatic carbocycles. The number of nitrogens with one attached hydrogen (secondary N) is 2. The molecule has 0 radical (unpaired) electrons. The fourth-order valence-corrected chi connectivity index (χ4v) is 3.84. The molecule has 36 heavy (non-hydrogen) atoms. The van der Waals surface area contributed by atoms with Crippen molar-refractivity contribution >= 4 is 33.9 Å². The van der Waals surface area contributed by atoms with Crippen LogP contribution in [-0.4, -0.2) is 66.8 Å². The van der Waals surface area contributed by atoms with E-state index in [1.165, 1.54) is 24.3 Å². The summed E-state index contributed by atoms with van der Waals surface area (Å²) in [6, 6.07) is 5.38.